The van der Waals surface area contributed by atoms with Crippen LogP contribution < -0.4 is 10.2 Å². The van der Waals surface area contributed by atoms with Crippen molar-refractivity contribution in [2.75, 3.05) is 19.7 Å². The van der Waals surface area contributed by atoms with Crippen molar-refractivity contribution in [2.45, 2.75) is 25.9 Å². The predicted octanol–water partition coefficient (Wildman–Crippen LogP) is -0.199. The molecule has 0 aromatic heterocycles. The Balaban J connectivity index is 2.09. The van der Waals surface area contributed by atoms with Gasteiger partial charge in [-0.15, -0.1) is 0 Å². The van der Waals surface area contributed by atoms with E-state index < -0.39 is 23.6 Å². The van der Waals surface area contributed by atoms with Gasteiger partial charge in [0.2, 0.25) is 0 Å². The molecule has 1 amide bonds. The molecule has 7 heteroatoms. The van der Waals surface area contributed by atoms with Crippen molar-refractivity contribution >= 4 is 11.9 Å². The number of nitrogens with one attached hydrogen (secondary N) is 2. The van der Waals surface area contributed by atoms with Gasteiger partial charge in [0.25, 0.3) is 5.91 Å². The Labute approximate surface area is 127 Å². The summed E-state index contributed by atoms with van der Waals surface area (Å²) >= 11 is 0. The quantitative estimate of drug-likeness (QED) is 0.740. The third-order valence-corrected chi connectivity index (χ3v) is 3.65. The first-order valence-electron chi connectivity index (χ1n) is 7.23. The van der Waals surface area contributed by atoms with Gasteiger partial charge in [-0.25, -0.2) is 8.78 Å². The van der Waals surface area contributed by atoms with Crippen LogP contribution in [0.25, 0.3) is 0 Å². The molecule has 1 aromatic rings. The fourth-order valence-electron chi connectivity index (χ4n) is 2.58. The molecule has 1 aromatic carbocycles. The molecule has 2 atom stereocenters. The lowest BCUT2D eigenvalue weighted by Crippen LogP contribution is -3.18. The monoisotopic (exact) mass is 313 g/mol. The molecular formula is C15H19F2N2O3+. The average Bonchev–Trinajstić information content (AvgIpc) is 2.47. The number of rotatable bonds is 5. The molecule has 2 N–H and O–H groups in total. The number of quaternary nitrogens is 1. The Morgan fingerprint density at radius 2 is 2.18 bits per heavy atom. The molecule has 2 rings (SSSR count). The topological polar surface area (TPSA) is 59.8 Å². The molecule has 1 unspecified atom stereocenters. The SMILES string of the molecule is CCOC(=O)C[C@@H]1C(=O)NCC[NH+]1Cc1ccc(F)c(F)c1. The van der Waals surface area contributed by atoms with Crippen LogP contribution in [0.5, 0.6) is 0 Å². The number of carbonyl (C=O) groups excluding carboxylic acids is 2. The van der Waals surface area contributed by atoms with E-state index in [0.717, 1.165) is 17.0 Å². The lowest BCUT2D eigenvalue weighted by molar-refractivity contribution is -0.930. The van der Waals surface area contributed by atoms with E-state index in [1.807, 2.05) is 0 Å². The summed E-state index contributed by atoms with van der Waals surface area (Å²) in [7, 11) is 0. The van der Waals surface area contributed by atoms with Gasteiger partial charge in [-0.3, -0.25) is 9.59 Å². The molecule has 1 saturated heterocycles. The van der Waals surface area contributed by atoms with Crippen molar-refractivity contribution in [1.82, 2.24) is 5.32 Å². The van der Waals surface area contributed by atoms with E-state index in [-0.39, 0.29) is 18.9 Å². The second kappa shape index (κ2) is 7.31. The zero-order chi connectivity index (χ0) is 16.1. The summed E-state index contributed by atoms with van der Waals surface area (Å²) in [5, 5.41) is 2.71. The first kappa shape index (κ1) is 16.4. The van der Waals surface area contributed by atoms with E-state index >= 15 is 0 Å². The number of esters is 1. The molecule has 0 bridgehead atoms. The molecule has 1 fully saturated rings. The number of hydrogen-bond donors (Lipinski definition) is 2. The van der Waals surface area contributed by atoms with Gasteiger partial charge in [0, 0.05) is 5.56 Å². The number of hydrogen-bond acceptors (Lipinski definition) is 3. The predicted molar refractivity (Wildman–Crippen MR) is 73.9 cm³/mol. The van der Waals surface area contributed by atoms with Gasteiger partial charge in [-0.05, 0) is 19.1 Å². The minimum absolute atomic E-state index is 0.0291. The Hall–Kier alpha value is -2.02. The third-order valence-electron chi connectivity index (χ3n) is 3.65. The summed E-state index contributed by atoms with van der Waals surface area (Å²) in [6, 6.07) is 3.09. The molecule has 120 valence electrons. The molecule has 22 heavy (non-hydrogen) atoms. The lowest BCUT2D eigenvalue weighted by atomic mass is 10.1. The summed E-state index contributed by atoms with van der Waals surface area (Å²) in [6.45, 7) is 3.39. The number of carbonyl (C=O) groups is 2. The molecule has 0 aliphatic carbocycles. The minimum atomic E-state index is -0.916. The molecule has 1 aliphatic rings. The lowest BCUT2D eigenvalue weighted by Gasteiger charge is -2.31. The Kier molecular flexibility index (Phi) is 5.43. The first-order chi connectivity index (χ1) is 10.5. The highest BCUT2D eigenvalue weighted by molar-refractivity contribution is 5.85. The Bertz CT molecular complexity index is 566. The summed E-state index contributed by atoms with van der Waals surface area (Å²) in [4.78, 5) is 24.4. The van der Waals surface area contributed by atoms with E-state index in [4.69, 9.17) is 4.74 Å². The first-order valence-corrected chi connectivity index (χ1v) is 7.23. The standard InChI is InChI=1S/C15H18F2N2O3/c1-2-22-14(20)8-13-15(21)18-5-6-19(13)9-10-3-4-11(16)12(17)7-10/h3-4,7,13H,2,5-6,8-9H2,1H3,(H,18,21)/p+1/t13-/m1/s1. The number of benzene rings is 1. The largest absolute Gasteiger partial charge is 0.466 e. The second-order valence-corrected chi connectivity index (χ2v) is 5.19. The molecular weight excluding hydrogens is 294 g/mol. The highest BCUT2D eigenvalue weighted by Crippen LogP contribution is 2.08. The van der Waals surface area contributed by atoms with Crippen LogP contribution >= 0.6 is 0 Å². The maximum Gasteiger partial charge on any atom is 0.312 e. The number of amides is 1. The number of ether oxygens (including phenoxy) is 1. The van der Waals surface area contributed by atoms with E-state index in [9.17, 15) is 18.4 Å². The van der Waals surface area contributed by atoms with Crippen LogP contribution in [0.15, 0.2) is 18.2 Å². The van der Waals surface area contributed by atoms with E-state index in [1.165, 1.54) is 6.07 Å². The van der Waals surface area contributed by atoms with Gasteiger partial charge in [-0.2, -0.15) is 0 Å². The number of halogens is 2. The highest BCUT2D eigenvalue weighted by Gasteiger charge is 2.35. The van der Waals surface area contributed by atoms with Crippen molar-refractivity contribution in [3.63, 3.8) is 0 Å². The van der Waals surface area contributed by atoms with Crippen LogP contribution in [0.3, 0.4) is 0 Å². The normalized spacial score (nSPS) is 21.3. The molecule has 0 spiro atoms. The molecule has 1 heterocycles. The zero-order valence-electron chi connectivity index (χ0n) is 12.3. The maximum absolute atomic E-state index is 13.3. The second-order valence-electron chi connectivity index (χ2n) is 5.19. The van der Waals surface area contributed by atoms with E-state index in [2.05, 4.69) is 5.32 Å². The van der Waals surface area contributed by atoms with E-state index in [0.29, 0.717) is 25.2 Å². The molecule has 1 aliphatic heterocycles. The highest BCUT2D eigenvalue weighted by atomic mass is 19.2. The summed E-state index contributed by atoms with van der Waals surface area (Å²) < 4.78 is 31.1. The van der Waals surface area contributed by atoms with E-state index in [1.54, 1.807) is 6.92 Å². The van der Waals surface area contributed by atoms with Gasteiger partial charge < -0.3 is 15.0 Å². The smallest absolute Gasteiger partial charge is 0.312 e. The fourth-order valence-corrected chi connectivity index (χ4v) is 2.58. The van der Waals surface area contributed by atoms with Gasteiger partial charge in [0.1, 0.15) is 13.0 Å². The average molecular weight is 313 g/mol. The zero-order valence-corrected chi connectivity index (χ0v) is 12.3. The molecule has 0 saturated carbocycles. The van der Waals surface area contributed by atoms with Crippen LogP contribution in [0.1, 0.15) is 18.9 Å². The molecule has 5 nitrogen and oxygen atoms in total. The number of piperazine rings is 1. The summed E-state index contributed by atoms with van der Waals surface area (Å²) in [6.07, 6.45) is -0.0291. The summed E-state index contributed by atoms with van der Waals surface area (Å²) in [5.41, 5.74) is 0.581. The van der Waals surface area contributed by atoms with Crippen LogP contribution in [0, 0.1) is 11.6 Å². The van der Waals surface area contributed by atoms with Crippen LogP contribution in [-0.4, -0.2) is 37.6 Å². The van der Waals surface area contributed by atoms with Crippen molar-refractivity contribution in [3.05, 3.63) is 35.4 Å². The van der Waals surface area contributed by atoms with Gasteiger partial charge in [-0.1, -0.05) is 6.07 Å². The van der Waals surface area contributed by atoms with Crippen molar-refractivity contribution in [2.24, 2.45) is 0 Å². The Morgan fingerprint density at radius 3 is 2.86 bits per heavy atom. The van der Waals surface area contributed by atoms with Crippen molar-refractivity contribution in [1.29, 1.82) is 0 Å². The Morgan fingerprint density at radius 1 is 1.41 bits per heavy atom. The van der Waals surface area contributed by atoms with Gasteiger partial charge in [0.05, 0.1) is 19.7 Å². The van der Waals surface area contributed by atoms with Crippen molar-refractivity contribution < 1.29 is 28.0 Å². The fraction of sp³-hybridized carbons (Fsp3) is 0.467. The third kappa shape index (κ3) is 4.00. The van der Waals surface area contributed by atoms with Gasteiger partial charge in [0.15, 0.2) is 17.7 Å². The summed E-state index contributed by atoms with van der Waals surface area (Å²) in [5.74, 6) is -2.48. The molecule has 0 radical (unpaired) electrons. The van der Waals surface area contributed by atoms with Crippen LogP contribution in [-0.2, 0) is 20.9 Å². The van der Waals surface area contributed by atoms with Crippen LogP contribution in [0.2, 0.25) is 0 Å². The van der Waals surface area contributed by atoms with Crippen molar-refractivity contribution in [3.8, 4) is 0 Å². The minimum Gasteiger partial charge on any atom is -0.466 e. The van der Waals surface area contributed by atoms with Crippen LogP contribution in [0.4, 0.5) is 8.78 Å². The van der Waals surface area contributed by atoms with Gasteiger partial charge >= 0.3 is 5.97 Å². The maximum atomic E-state index is 13.3.